The zero-order chi connectivity index (χ0) is 25.1. The van der Waals surface area contributed by atoms with Gasteiger partial charge in [-0.3, -0.25) is 10.1 Å². The van der Waals surface area contributed by atoms with Gasteiger partial charge in [-0.1, -0.05) is 62.4 Å². The lowest BCUT2D eigenvalue weighted by molar-refractivity contribution is -0.140. The van der Waals surface area contributed by atoms with Gasteiger partial charge in [-0.25, -0.2) is 14.0 Å². The van der Waals surface area contributed by atoms with Crippen LogP contribution < -0.4 is 10.6 Å². The van der Waals surface area contributed by atoms with Gasteiger partial charge in [0.2, 0.25) is 0 Å². The average molecular weight is 477 g/mol. The van der Waals surface area contributed by atoms with Gasteiger partial charge < -0.3 is 15.2 Å². The van der Waals surface area contributed by atoms with Gasteiger partial charge in [0.1, 0.15) is 18.5 Å². The number of aliphatic carboxylic acids is 1. The van der Waals surface area contributed by atoms with E-state index in [9.17, 15) is 23.9 Å². The van der Waals surface area contributed by atoms with Crippen molar-refractivity contribution >= 4 is 23.7 Å². The minimum atomic E-state index is -1.21. The quantitative estimate of drug-likeness (QED) is 0.444. The van der Waals surface area contributed by atoms with Crippen LogP contribution in [0.25, 0.3) is 11.1 Å². The number of benzene rings is 3. The minimum Gasteiger partial charge on any atom is -0.480 e. The summed E-state index contributed by atoms with van der Waals surface area (Å²) < 4.78 is 20.0. The zero-order valence-electron chi connectivity index (χ0n) is 19.2. The number of ether oxygens (including phenoxy) is 1. The number of anilines is 1. The van der Waals surface area contributed by atoms with Gasteiger partial charge in [-0.05, 0) is 46.4 Å². The van der Waals surface area contributed by atoms with Crippen molar-refractivity contribution in [2.75, 3.05) is 11.9 Å². The van der Waals surface area contributed by atoms with Crippen LogP contribution in [0.4, 0.5) is 14.9 Å². The second kappa shape index (κ2) is 9.97. The Kier molecular flexibility index (Phi) is 6.82. The summed E-state index contributed by atoms with van der Waals surface area (Å²) in [6, 6.07) is 18.3. The van der Waals surface area contributed by atoms with Crippen molar-refractivity contribution in [3.05, 3.63) is 89.2 Å². The predicted molar refractivity (Wildman–Crippen MR) is 129 cm³/mol. The molecular formula is C27H25FN2O5. The second-order valence-electron chi connectivity index (χ2n) is 8.68. The highest BCUT2D eigenvalue weighted by molar-refractivity contribution is 5.97. The molecule has 7 nitrogen and oxygen atoms in total. The van der Waals surface area contributed by atoms with E-state index < -0.39 is 29.8 Å². The molecule has 2 amide bonds. The Morgan fingerprint density at radius 3 is 2.11 bits per heavy atom. The van der Waals surface area contributed by atoms with Crippen molar-refractivity contribution in [2.45, 2.75) is 25.8 Å². The molecule has 0 aromatic heterocycles. The first-order valence-electron chi connectivity index (χ1n) is 11.2. The van der Waals surface area contributed by atoms with Gasteiger partial charge in [0, 0.05) is 11.6 Å². The number of rotatable bonds is 7. The van der Waals surface area contributed by atoms with Crippen molar-refractivity contribution in [3.8, 4) is 11.1 Å². The van der Waals surface area contributed by atoms with Crippen LogP contribution in [0.15, 0.2) is 66.7 Å². The Balaban J connectivity index is 1.40. The fraction of sp³-hybridized carbons (Fsp3) is 0.222. The molecule has 0 aliphatic heterocycles. The summed E-state index contributed by atoms with van der Waals surface area (Å²) in [5.41, 5.74) is 4.14. The molecule has 1 aliphatic carbocycles. The van der Waals surface area contributed by atoms with Gasteiger partial charge in [0.05, 0.1) is 5.56 Å². The van der Waals surface area contributed by atoms with Gasteiger partial charge in [-0.15, -0.1) is 0 Å². The van der Waals surface area contributed by atoms with E-state index >= 15 is 0 Å². The molecule has 0 spiro atoms. The molecule has 0 unspecified atom stereocenters. The standard InChI is InChI=1S/C27H25FN2O5/c1-15(2)24(26(32)33)30-25(31)21-12-11-16(13-23(21)28)29-27(34)35-14-22-19-9-5-3-7-17(19)18-8-4-6-10-20(18)22/h3-13,15,22,24H,14H2,1-2H3,(H,29,34)(H,30,31)(H,32,33)/t24-/m0/s1. The summed E-state index contributed by atoms with van der Waals surface area (Å²) in [6.45, 7) is 3.38. The summed E-state index contributed by atoms with van der Waals surface area (Å²) in [7, 11) is 0. The van der Waals surface area contributed by atoms with Crippen LogP contribution in [0, 0.1) is 11.7 Å². The van der Waals surface area contributed by atoms with Gasteiger partial charge in [0.15, 0.2) is 0 Å². The van der Waals surface area contributed by atoms with E-state index in [4.69, 9.17) is 4.74 Å². The second-order valence-corrected chi connectivity index (χ2v) is 8.68. The average Bonchev–Trinajstić information content (AvgIpc) is 3.14. The lowest BCUT2D eigenvalue weighted by Crippen LogP contribution is -2.44. The van der Waals surface area contributed by atoms with Gasteiger partial charge >= 0.3 is 12.1 Å². The van der Waals surface area contributed by atoms with Crippen LogP contribution in [-0.4, -0.2) is 35.7 Å². The molecule has 0 saturated heterocycles. The lowest BCUT2D eigenvalue weighted by atomic mass is 9.98. The number of hydrogen-bond acceptors (Lipinski definition) is 4. The largest absolute Gasteiger partial charge is 0.480 e. The normalized spacial score (nSPS) is 13.0. The first-order valence-corrected chi connectivity index (χ1v) is 11.2. The first-order chi connectivity index (χ1) is 16.8. The van der Waals surface area contributed by atoms with Crippen LogP contribution in [0.3, 0.4) is 0 Å². The Labute approximate surface area is 201 Å². The Hall–Kier alpha value is -4.20. The van der Waals surface area contributed by atoms with E-state index in [1.54, 1.807) is 13.8 Å². The highest BCUT2D eigenvalue weighted by Crippen LogP contribution is 2.44. The molecule has 3 aromatic rings. The SMILES string of the molecule is CC(C)[C@H](NC(=O)c1ccc(NC(=O)OCC2c3ccccc3-c3ccccc32)cc1F)C(=O)O. The third kappa shape index (κ3) is 5.01. The minimum absolute atomic E-state index is 0.106. The van der Waals surface area contributed by atoms with E-state index in [0.717, 1.165) is 28.3 Å². The summed E-state index contributed by atoms with van der Waals surface area (Å²) in [5.74, 6) is -3.45. The molecular weight excluding hydrogens is 451 g/mol. The number of amides is 2. The molecule has 0 heterocycles. The molecule has 1 aliphatic rings. The molecule has 3 N–H and O–H groups in total. The van der Waals surface area contributed by atoms with E-state index in [1.165, 1.54) is 12.1 Å². The number of carboxylic acids is 1. The van der Waals surface area contributed by atoms with Gasteiger partial charge in [-0.2, -0.15) is 0 Å². The van der Waals surface area contributed by atoms with Crippen molar-refractivity contribution in [3.63, 3.8) is 0 Å². The monoisotopic (exact) mass is 476 g/mol. The maximum absolute atomic E-state index is 14.6. The Bertz CT molecular complexity index is 1240. The van der Waals surface area contributed by atoms with Crippen molar-refractivity contribution in [1.82, 2.24) is 5.32 Å². The molecule has 1 atom stereocenters. The molecule has 3 aromatic carbocycles. The Morgan fingerprint density at radius 2 is 1.57 bits per heavy atom. The van der Waals surface area contributed by atoms with E-state index in [1.807, 2.05) is 48.5 Å². The van der Waals surface area contributed by atoms with E-state index in [2.05, 4.69) is 10.6 Å². The summed E-state index contributed by atoms with van der Waals surface area (Å²) in [6.07, 6.45) is -0.755. The molecule has 0 fully saturated rings. The smallest absolute Gasteiger partial charge is 0.411 e. The number of nitrogens with one attached hydrogen (secondary N) is 2. The van der Waals surface area contributed by atoms with E-state index in [0.29, 0.717) is 0 Å². The fourth-order valence-electron chi connectivity index (χ4n) is 4.26. The maximum atomic E-state index is 14.6. The number of carbonyl (C=O) groups excluding carboxylic acids is 2. The fourth-order valence-corrected chi connectivity index (χ4v) is 4.26. The molecule has 0 bridgehead atoms. The highest BCUT2D eigenvalue weighted by atomic mass is 19.1. The number of hydrogen-bond donors (Lipinski definition) is 3. The summed E-state index contributed by atoms with van der Waals surface area (Å²) in [4.78, 5) is 36.1. The molecule has 180 valence electrons. The molecule has 4 rings (SSSR count). The highest BCUT2D eigenvalue weighted by Gasteiger charge is 2.29. The van der Waals surface area contributed by atoms with Crippen LogP contribution in [0.1, 0.15) is 41.3 Å². The van der Waals surface area contributed by atoms with Crippen molar-refractivity contribution < 1.29 is 28.6 Å². The number of carboxylic acid groups (broad SMARTS) is 1. The van der Waals surface area contributed by atoms with Crippen LogP contribution in [0.2, 0.25) is 0 Å². The van der Waals surface area contributed by atoms with Crippen LogP contribution in [-0.2, 0) is 9.53 Å². The lowest BCUT2D eigenvalue weighted by Gasteiger charge is -2.18. The first kappa shape index (κ1) is 23.9. The molecule has 0 radical (unpaired) electrons. The van der Waals surface area contributed by atoms with Crippen LogP contribution in [0.5, 0.6) is 0 Å². The summed E-state index contributed by atoms with van der Waals surface area (Å²) in [5, 5.41) is 14.0. The third-order valence-electron chi connectivity index (χ3n) is 6.02. The number of carbonyl (C=O) groups is 3. The molecule has 8 heteroatoms. The van der Waals surface area contributed by atoms with Crippen LogP contribution >= 0.6 is 0 Å². The Morgan fingerprint density at radius 1 is 0.971 bits per heavy atom. The van der Waals surface area contributed by atoms with Gasteiger partial charge in [0.25, 0.3) is 5.91 Å². The maximum Gasteiger partial charge on any atom is 0.411 e. The number of halogens is 1. The predicted octanol–water partition coefficient (Wildman–Crippen LogP) is 5.03. The number of fused-ring (bicyclic) bond motifs is 3. The molecule has 35 heavy (non-hydrogen) atoms. The zero-order valence-corrected chi connectivity index (χ0v) is 19.2. The molecule has 0 saturated carbocycles. The topological polar surface area (TPSA) is 105 Å². The van der Waals surface area contributed by atoms with E-state index in [-0.39, 0.29) is 29.7 Å². The van der Waals surface area contributed by atoms with Crippen molar-refractivity contribution in [2.24, 2.45) is 5.92 Å². The summed E-state index contributed by atoms with van der Waals surface area (Å²) >= 11 is 0. The van der Waals surface area contributed by atoms with Crippen molar-refractivity contribution in [1.29, 1.82) is 0 Å². The third-order valence-corrected chi connectivity index (χ3v) is 6.02.